The minimum atomic E-state index is -0.571. The number of fused-ring (bicyclic) bond motifs is 1. The Bertz CT molecular complexity index is 860. The molecule has 156 valence electrons. The van der Waals surface area contributed by atoms with Crippen LogP contribution in [0.1, 0.15) is 35.0 Å². The molecule has 2 aromatic rings. The van der Waals surface area contributed by atoms with E-state index >= 15 is 0 Å². The second kappa shape index (κ2) is 8.78. The highest BCUT2D eigenvalue weighted by atomic mass is 35.5. The molecule has 1 fully saturated rings. The maximum absolute atomic E-state index is 12.9. The standard InChI is InChI=1S/C22H29ClN4O2/c1-24-10-6-19-21(24)20(28)7-11-27(22(19)29)9-3-8-25-12-14-26(15-13-25)18-5-2-4-17(23)16-18/h2,4-6,10,16,20,28H,3,7-9,11-15H2,1H3. The summed E-state index contributed by atoms with van der Waals surface area (Å²) in [6, 6.07) is 9.86. The summed E-state index contributed by atoms with van der Waals surface area (Å²) in [6.07, 6.45) is 2.82. The molecule has 4 rings (SSSR count). The number of anilines is 1. The van der Waals surface area contributed by atoms with Crippen LogP contribution in [0.15, 0.2) is 36.5 Å². The van der Waals surface area contributed by atoms with Gasteiger partial charge in [0, 0.05) is 63.2 Å². The number of aliphatic hydroxyl groups excluding tert-OH is 1. The molecule has 3 heterocycles. The first-order valence-corrected chi connectivity index (χ1v) is 10.8. The van der Waals surface area contributed by atoms with Crippen LogP contribution in [0.5, 0.6) is 0 Å². The highest BCUT2D eigenvalue weighted by molar-refractivity contribution is 6.30. The van der Waals surface area contributed by atoms with Gasteiger partial charge in [0.15, 0.2) is 0 Å². The first-order chi connectivity index (χ1) is 14.0. The molecule has 2 aliphatic heterocycles. The molecule has 0 radical (unpaired) electrons. The summed E-state index contributed by atoms with van der Waals surface area (Å²) in [5.74, 6) is 0.0444. The van der Waals surface area contributed by atoms with Gasteiger partial charge in [-0.05, 0) is 43.7 Å². The van der Waals surface area contributed by atoms with Gasteiger partial charge < -0.3 is 19.5 Å². The molecule has 6 nitrogen and oxygen atoms in total. The Morgan fingerprint density at radius 3 is 2.66 bits per heavy atom. The van der Waals surface area contributed by atoms with Gasteiger partial charge in [-0.1, -0.05) is 17.7 Å². The number of rotatable bonds is 5. The van der Waals surface area contributed by atoms with Gasteiger partial charge in [0.05, 0.1) is 17.4 Å². The number of hydrogen-bond acceptors (Lipinski definition) is 4. The minimum absolute atomic E-state index is 0.0444. The van der Waals surface area contributed by atoms with Gasteiger partial charge in [-0.15, -0.1) is 0 Å². The predicted molar refractivity (Wildman–Crippen MR) is 116 cm³/mol. The molecule has 1 amide bonds. The predicted octanol–water partition coefficient (Wildman–Crippen LogP) is 2.77. The van der Waals surface area contributed by atoms with E-state index in [1.54, 1.807) is 0 Å². The maximum Gasteiger partial charge on any atom is 0.255 e. The second-order valence-corrected chi connectivity index (χ2v) is 8.42. The maximum atomic E-state index is 12.9. The normalized spacial score (nSPS) is 20.7. The van der Waals surface area contributed by atoms with Crippen LogP contribution in [0.2, 0.25) is 5.02 Å². The van der Waals surface area contributed by atoms with Crippen LogP contribution in [0.3, 0.4) is 0 Å². The number of hydrogen-bond donors (Lipinski definition) is 1. The molecule has 1 saturated heterocycles. The second-order valence-electron chi connectivity index (χ2n) is 7.98. The molecule has 1 aromatic heterocycles. The molecular weight excluding hydrogens is 388 g/mol. The number of aryl methyl sites for hydroxylation is 1. The van der Waals surface area contributed by atoms with Gasteiger partial charge in [0.1, 0.15) is 0 Å². The molecule has 2 aliphatic rings. The third-order valence-corrected chi connectivity index (χ3v) is 6.31. The summed E-state index contributed by atoms with van der Waals surface area (Å²) >= 11 is 6.11. The van der Waals surface area contributed by atoms with Crippen LogP contribution in [0, 0.1) is 0 Å². The number of nitrogens with zero attached hydrogens (tertiary/aromatic N) is 4. The summed E-state index contributed by atoms with van der Waals surface area (Å²) in [4.78, 5) is 19.6. The van der Waals surface area contributed by atoms with Gasteiger partial charge in [-0.2, -0.15) is 0 Å². The van der Waals surface area contributed by atoms with Gasteiger partial charge in [0.2, 0.25) is 0 Å². The van der Waals surface area contributed by atoms with E-state index in [1.165, 1.54) is 5.69 Å². The van der Waals surface area contributed by atoms with Crippen molar-refractivity contribution in [3.63, 3.8) is 0 Å². The number of amides is 1. The van der Waals surface area contributed by atoms with Crippen LogP contribution >= 0.6 is 11.6 Å². The van der Waals surface area contributed by atoms with E-state index in [-0.39, 0.29) is 5.91 Å². The summed E-state index contributed by atoms with van der Waals surface area (Å²) in [6.45, 7) is 6.33. The molecule has 1 atom stereocenters. The zero-order valence-corrected chi connectivity index (χ0v) is 17.7. The Balaban J connectivity index is 1.26. The zero-order valence-electron chi connectivity index (χ0n) is 16.9. The first-order valence-electron chi connectivity index (χ1n) is 10.4. The van der Waals surface area contributed by atoms with Crippen molar-refractivity contribution in [2.45, 2.75) is 18.9 Å². The lowest BCUT2D eigenvalue weighted by atomic mass is 10.1. The molecule has 0 bridgehead atoms. The zero-order chi connectivity index (χ0) is 20.4. The number of carbonyl (C=O) groups excluding carboxylic acids is 1. The number of benzene rings is 1. The minimum Gasteiger partial charge on any atom is -0.387 e. The van der Waals surface area contributed by atoms with E-state index in [2.05, 4.69) is 15.9 Å². The van der Waals surface area contributed by atoms with Crippen molar-refractivity contribution in [3.05, 3.63) is 52.8 Å². The van der Waals surface area contributed by atoms with Crippen molar-refractivity contribution in [2.24, 2.45) is 7.05 Å². The van der Waals surface area contributed by atoms with Gasteiger partial charge in [-0.25, -0.2) is 0 Å². The van der Waals surface area contributed by atoms with Crippen LogP contribution in [-0.2, 0) is 7.05 Å². The number of carbonyl (C=O) groups is 1. The molecule has 1 aromatic carbocycles. The van der Waals surface area contributed by atoms with Crippen molar-refractivity contribution in [2.75, 3.05) is 50.7 Å². The van der Waals surface area contributed by atoms with Crippen LogP contribution < -0.4 is 4.90 Å². The van der Waals surface area contributed by atoms with Crippen molar-refractivity contribution in [1.29, 1.82) is 0 Å². The Morgan fingerprint density at radius 1 is 1.10 bits per heavy atom. The fraction of sp³-hybridized carbons (Fsp3) is 0.500. The van der Waals surface area contributed by atoms with Crippen molar-refractivity contribution in [1.82, 2.24) is 14.4 Å². The third-order valence-electron chi connectivity index (χ3n) is 6.07. The number of piperazine rings is 1. The summed E-state index contributed by atoms with van der Waals surface area (Å²) < 4.78 is 1.86. The Hall–Kier alpha value is -2.02. The van der Waals surface area contributed by atoms with Crippen molar-refractivity contribution in [3.8, 4) is 0 Å². The number of aromatic nitrogens is 1. The monoisotopic (exact) mass is 416 g/mol. The molecule has 0 spiro atoms. The highest BCUT2D eigenvalue weighted by Crippen LogP contribution is 2.27. The smallest absolute Gasteiger partial charge is 0.255 e. The molecular formula is C22H29ClN4O2. The lowest BCUT2D eigenvalue weighted by molar-refractivity contribution is 0.0738. The molecule has 0 aliphatic carbocycles. The molecule has 7 heteroatoms. The van der Waals surface area contributed by atoms with E-state index in [0.717, 1.165) is 56.4 Å². The van der Waals surface area contributed by atoms with E-state index in [4.69, 9.17) is 11.6 Å². The number of halogens is 1. The van der Waals surface area contributed by atoms with Gasteiger partial charge in [-0.3, -0.25) is 9.69 Å². The lowest BCUT2D eigenvalue weighted by Gasteiger charge is -2.36. The van der Waals surface area contributed by atoms with Gasteiger partial charge in [0.25, 0.3) is 5.91 Å². The number of aliphatic hydroxyl groups is 1. The van der Waals surface area contributed by atoms with Gasteiger partial charge >= 0.3 is 0 Å². The van der Waals surface area contributed by atoms with Crippen molar-refractivity contribution >= 4 is 23.2 Å². The quantitative estimate of drug-likeness (QED) is 0.814. The molecule has 0 saturated carbocycles. The van der Waals surface area contributed by atoms with Crippen LogP contribution in [0.4, 0.5) is 5.69 Å². The molecule has 1 N–H and O–H groups in total. The highest BCUT2D eigenvalue weighted by Gasteiger charge is 2.29. The Labute approximate surface area is 177 Å². The molecule has 29 heavy (non-hydrogen) atoms. The summed E-state index contributed by atoms with van der Waals surface area (Å²) in [7, 11) is 1.88. The lowest BCUT2D eigenvalue weighted by Crippen LogP contribution is -2.47. The fourth-order valence-electron chi connectivity index (χ4n) is 4.43. The van der Waals surface area contributed by atoms with E-state index in [9.17, 15) is 9.90 Å². The Kier molecular flexibility index (Phi) is 6.13. The van der Waals surface area contributed by atoms with Crippen LogP contribution in [0.25, 0.3) is 0 Å². The average Bonchev–Trinajstić information content (AvgIpc) is 3.06. The average molecular weight is 417 g/mol. The summed E-state index contributed by atoms with van der Waals surface area (Å²) in [5, 5.41) is 11.2. The van der Waals surface area contributed by atoms with E-state index < -0.39 is 6.10 Å². The summed E-state index contributed by atoms with van der Waals surface area (Å²) in [5.41, 5.74) is 2.58. The Morgan fingerprint density at radius 2 is 1.90 bits per heavy atom. The fourth-order valence-corrected chi connectivity index (χ4v) is 4.61. The van der Waals surface area contributed by atoms with Crippen molar-refractivity contribution < 1.29 is 9.90 Å². The SMILES string of the molecule is Cn1ccc2c1C(O)CCN(CCCN1CCN(c3cccc(Cl)c3)CC1)C2=O. The largest absolute Gasteiger partial charge is 0.387 e. The van der Waals surface area contributed by atoms with Crippen LogP contribution in [-0.4, -0.2) is 71.2 Å². The third kappa shape index (κ3) is 4.44. The first kappa shape index (κ1) is 20.3. The van der Waals surface area contributed by atoms with E-state index in [1.807, 2.05) is 47.0 Å². The topological polar surface area (TPSA) is 52.0 Å². The molecule has 1 unspecified atom stereocenters. The van der Waals surface area contributed by atoms with E-state index in [0.29, 0.717) is 18.5 Å².